The third-order valence-corrected chi connectivity index (χ3v) is 3.87. The summed E-state index contributed by atoms with van der Waals surface area (Å²) in [7, 11) is 0. The molecule has 0 aliphatic rings. The standard InChI is InChI=1S/C21H27NO2/c1-14(2)13-24-19-11-10-15(21(3,4)5)12-17(19)20(23)16-8-6-7-9-18(16)22/h6-12,14H,13,22H2,1-5H3. The van der Waals surface area contributed by atoms with Crippen LogP contribution in [-0.4, -0.2) is 12.4 Å². The minimum absolute atomic E-state index is 0.0478. The summed E-state index contributed by atoms with van der Waals surface area (Å²) in [6, 6.07) is 13.0. The van der Waals surface area contributed by atoms with E-state index >= 15 is 0 Å². The Balaban J connectivity index is 2.51. The van der Waals surface area contributed by atoms with Crippen LogP contribution in [0.1, 0.15) is 56.1 Å². The van der Waals surface area contributed by atoms with Crippen LogP contribution >= 0.6 is 0 Å². The molecule has 0 spiro atoms. The summed E-state index contributed by atoms with van der Waals surface area (Å²) in [6.45, 7) is 11.1. The zero-order chi connectivity index (χ0) is 17.9. The fourth-order valence-electron chi connectivity index (χ4n) is 2.41. The lowest BCUT2D eigenvalue weighted by Crippen LogP contribution is -2.15. The summed E-state index contributed by atoms with van der Waals surface area (Å²) in [5, 5.41) is 0. The van der Waals surface area contributed by atoms with E-state index in [0.29, 0.717) is 35.1 Å². The second-order valence-electron chi connectivity index (χ2n) is 7.58. The Kier molecular flexibility index (Phi) is 5.33. The molecule has 24 heavy (non-hydrogen) atoms. The van der Waals surface area contributed by atoms with E-state index in [-0.39, 0.29) is 11.2 Å². The highest BCUT2D eigenvalue weighted by atomic mass is 16.5. The number of ether oxygens (including phenoxy) is 1. The molecule has 0 unspecified atom stereocenters. The highest BCUT2D eigenvalue weighted by Gasteiger charge is 2.21. The molecule has 3 nitrogen and oxygen atoms in total. The minimum Gasteiger partial charge on any atom is -0.493 e. The van der Waals surface area contributed by atoms with E-state index < -0.39 is 0 Å². The third-order valence-electron chi connectivity index (χ3n) is 3.87. The van der Waals surface area contributed by atoms with Gasteiger partial charge >= 0.3 is 0 Å². The van der Waals surface area contributed by atoms with Crippen molar-refractivity contribution < 1.29 is 9.53 Å². The van der Waals surface area contributed by atoms with Gasteiger partial charge in [0.2, 0.25) is 0 Å². The van der Waals surface area contributed by atoms with Crippen LogP contribution in [-0.2, 0) is 5.41 Å². The van der Waals surface area contributed by atoms with Gasteiger partial charge < -0.3 is 10.5 Å². The van der Waals surface area contributed by atoms with Gasteiger partial charge in [-0.15, -0.1) is 0 Å². The first-order valence-electron chi connectivity index (χ1n) is 8.36. The SMILES string of the molecule is CC(C)COc1ccc(C(C)(C)C)cc1C(=O)c1ccccc1N. The fraction of sp³-hybridized carbons (Fsp3) is 0.381. The highest BCUT2D eigenvalue weighted by Crippen LogP contribution is 2.30. The number of rotatable bonds is 5. The van der Waals surface area contributed by atoms with Gasteiger partial charge in [-0.25, -0.2) is 0 Å². The number of carbonyl (C=O) groups is 1. The molecular weight excluding hydrogens is 298 g/mol. The van der Waals surface area contributed by atoms with Crippen molar-refractivity contribution in [1.29, 1.82) is 0 Å². The van der Waals surface area contributed by atoms with Gasteiger partial charge in [-0.05, 0) is 41.2 Å². The molecule has 0 saturated heterocycles. The lowest BCUT2D eigenvalue weighted by atomic mass is 9.85. The molecule has 0 aromatic heterocycles. The molecule has 0 atom stereocenters. The van der Waals surface area contributed by atoms with Gasteiger partial charge in [-0.2, -0.15) is 0 Å². The Morgan fingerprint density at radius 2 is 1.75 bits per heavy atom. The van der Waals surface area contributed by atoms with Gasteiger partial charge in [-0.3, -0.25) is 4.79 Å². The highest BCUT2D eigenvalue weighted by molar-refractivity contribution is 6.13. The number of para-hydroxylation sites is 1. The van der Waals surface area contributed by atoms with Gasteiger partial charge in [0.25, 0.3) is 0 Å². The van der Waals surface area contributed by atoms with Crippen LogP contribution in [0.15, 0.2) is 42.5 Å². The molecule has 2 N–H and O–H groups in total. The predicted molar refractivity (Wildman–Crippen MR) is 99.8 cm³/mol. The molecule has 0 heterocycles. The van der Waals surface area contributed by atoms with E-state index in [1.54, 1.807) is 12.1 Å². The lowest BCUT2D eigenvalue weighted by molar-refractivity contribution is 0.103. The van der Waals surface area contributed by atoms with Crippen molar-refractivity contribution in [2.24, 2.45) is 5.92 Å². The Hall–Kier alpha value is -2.29. The third kappa shape index (κ3) is 4.16. The normalized spacial score (nSPS) is 11.6. The topological polar surface area (TPSA) is 52.3 Å². The van der Waals surface area contributed by atoms with Crippen LogP contribution in [0.25, 0.3) is 0 Å². The van der Waals surface area contributed by atoms with Crippen molar-refractivity contribution >= 4 is 11.5 Å². The number of benzene rings is 2. The second kappa shape index (κ2) is 7.08. The van der Waals surface area contributed by atoms with Gasteiger partial charge in [0.15, 0.2) is 5.78 Å². The maximum absolute atomic E-state index is 13.1. The summed E-state index contributed by atoms with van der Waals surface area (Å²) >= 11 is 0. The van der Waals surface area contributed by atoms with Gasteiger partial charge in [0.1, 0.15) is 5.75 Å². The minimum atomic E-state index is -0.0991. The number of carbonyl (C=O) groups excluding carboxylic acids is 1. The van der Waals surface area contributed by atoms with Crippen LogP contribution < -0.4 is 10.5 Å². The van der Waals surface area contributed by atoms with Gasteiger partial charge in [0, 0.05) is 11.3 Å². The Bertz CT molecular complexity index is 727. The van der Waals surface area contributed by atoms with Crippen molar-refractivity contribution in [2.75, 3.05) is 12.3 Å². The van der Waals surface area contributed by atoms with Crippen molar-refractivity contribution in [2.45, 2.75) is 40.0 Å². The molecule has 0 aliphatic carbocycles. The van der Waals surface area contributed by atoms with Crippen molar-refractivity contribution in [3.8, 4) is 5.75 Å². The van der Waals surface area contributed by atoms with Crippen LogP contribution in [0.3, 0.4) is 0 Å². The molecule has 0 bridgehead atoms. The number of nitrogen functional groups attached to an aromatic ring is 1. The molecule has 2 aromatic rings. The molecule has 0 saturated carbocycles. The predicted octanol–water partition coefficient (Wildman–Crippen LogP) is 4.83. The quantitative estimate of drug-likeness (QED) is 0.632. The molecular formula is C21H27NO2. The zero-order valence-corrected chi connectivity index (χ0v) is 15.2. The Labute approximate surface area is 144 Å². The smallest absolute Gasteiger partial charge is 0.198 e. The summed E-state index contributed by atoms with van der Waals surface area (Å²) in [4.78, 5) is 13.1. The molecule has 0 amide bonds. The lowest BCUT2D eigenvalue weighted by Gasteiger charge is -2.21. The van der Waals surface area contributed by atoms with Crippen LogP contribution in [0.2, 0.25) is 0 Å². The van der Waals surface area contributed by atoms with Crippen LogP contribution in [0, 0.1) is 5.92 Å². The molecule has 2 rings (SSSR count). The molecule has 0 radical (unpaired) electrons. The Morgan fingerprint density at radius 1 is 1.08 bits per heavy atom. The first kappa shape index (κ1) is 18.1. The van der Waals surface area contributed by atoms with E-state index in [1.165, 1.54) is 0 Å². The van der Waals surface area contributed by atoms with Crippen LogP contribution in [0.4, 0.5) is 5.69 Å². The number of hydrogen-bond acceptors (Lipinski definition) is 3. The summed E-state index contributed by atoms with van der Waals surface area (Å²) < 4.78 is 5.89. The first-order valence-corrected chi connectivity index (χ1v) is 8.36. The maximum Gasteiger partial charge on any atom is 0.198 e. The van der Waals surface area contributed by atoms with Crippen molar-refractivity contribution in [1.82, 2.24) is 0 Å². The van der Waals surface area contributed by atoms with E-state index in [2.05, 4.69) is 34.6 Å². The number of ketones is 1. The summed E-state index contributed by atoms with van der Waals surface area (Å²) in [5.41, 5.74) is 8.61. The molecule has 128 valence electrons. The molecule has 0 fully saturated rings. The van der Waals surface area contributed by atoms with Gasteiger partial charge in [0.05, 0.1) is 12.2 Å². The van der Waals surface area contributed by atoms with E-state index in [9.17, 15) is 4.79 Å². The van der Waals surface area contributed by atoms with Crippen molar-refractivity contribution in [3.05, 3.63) is 59.2 Å². The van der Waals surface area contributed by atoms with Crippen molar-refractivity contribution in [3.63, 3.8) is 0 Å². The van der Waals surface area contributed by atoms with E-state index in [0.717, 1.165) is 5.56 Å². The average molecular weight is 325 g/mol. The monoisotopic (exact) mass is 325 g/mol. The zero-order valence-electron chi connectivity index (χ0n) is 15.2. The number of nitrogens with two attached hydrogens (primary N) is 1. The Morgan fingerprint density at radius 3 is 2.33 bits per heavy atom. The maximum atomic E-state index is 13.1. The average Bonchev–Trinajstić information content (AvgIpc) is 2.51. The van der Waals surface area contributed by atoms with Crippen LogP contribution in [0.5, 0.6) is 5.75 Å². The van der Waals surface area contributed by atoms with E-state index in [1.807, 2.05) is 30.3 Å². The summed E-state index contributed by atoms with van der Waals surface area (Å²) in [6.07, 6.45) is 0. The van der Waals surface area contributed by atoms with E-state index in [4.69, 9.17) is 10.5 Å². The van der Waals surface area contributed by atoms with Gasteiger partial charge in [-0.1, -0.05) is 52.8 Å². The first-order chi connectivity index (χ1) is 11.2. The summed E-state index contributed by atoms with van der Waals surface area (Å²) in [5.74, 6) is 0.903. The fourth-order valence-corrected chi connectivity index (χ4v) is 2.41. The molecule has 0 aliphatic heterocycles. The molecule has 3 heteroatoms. The largest absolute Gasteiger partial charge is 0.493 e. The second-order valence-corrected chi connectivity index (χ2v) is 7.58. The number of anilines is 1. The molecule has 2 aromatic carbocycles. The number of hydrogen-bond donors (Lipinski definition) is 1.